The quantitative estimate of drug-likeness (QED) is 0.561. The molecular formula is C20H32ClN3O3S. The van der Waals surface area contributed by atoms with Gasteiger partial charge in [-0.2, -0.15) is 0 Å². The van der Waals surface area contributed by atoms with Crippen LogP contribution < -0.4 is 15.8 Å². The second kappa shape index (κ2) is 10.6. The van der Waals surface area contributed by atoms with Gasteiger partial charge < -0.3 is 11.1 Å². The highest BCUT2D eigenvalue weighted by Gasteiger charge is 2.28. The first-order valence-corrected chi connectivity index (χ1v) is 11.6. The van der Waals surface area contributed by atoms with Gasteiger partial charge in [0, 0.05) is 25.0 Å². The van der Waals surface area contributed by atoms with Crippen molar-refractivity contribution in [2.75, 3.05) is 6.54 Å². The summed E-state index contributed by atoms with van der Waals surface area (Å²) in [6.45, 7) is 0.483. The summed E-state index contributed by atoms with van der Waals surface area (Å²) < 4.78 is 27.0. The van der Waals surface area contributed by atoms with E-state index in [9.17, 15) is 13.2 Å². The van der Waals surface area contributed by atoms with E-state index in [1.54, 1.807) is 24.3 Å². The number of sulfonamides is 1. The highest BCUT2D eigenvalue weighted by Crippen LogP contribution is 2.26. The lowest BCUT2D eigenvalue weighted by Crippen LogP contribution is -2.45. The van der Waals surface area contributed by atoms with E-state index in [0.29, 0.717) is 25.3 Å². The minimum absolute atomic E-state index is 0. The number of hydrogen-bond donors (Lipinski definition) is 3. The molecule has 0 heterocycles. The van der Waals surface area contributed by atoms with Gasteiger partial charge in [0.05, 0.1) is 4.90 Å². The number of amides is 1. The Balaban J connectivity index is 0.00000280. The van der Waals surface area contributed by atoms with Crippen LogP contribution in [-0.4, -0.2) is 33.0 Å². The summed E-state index contributed by atoms with van der Waals surface area (Å²) in [7, 11) is -3.42. The van der Waals surface area contributed by atoms with Gasteiger partial charge >= 0.3 is 0 Å². The van der Waals surface area contributed by atoms with Gasteiger partial charge in [-0.05, 0) is 55.7 Å². The maximum Gasteiger partial charge on any atom is 0.240 e. The van der Waals surface area contributed by atoms with E-state index in [1.165, 1.54) is 19.3 Å². The van der Waals surface area contributed by atoms with Crippen LogP contribution in [0.2, 0.25) is 0 Å². The number of rotatable bonds is 9. The van der Waals surface area contributed by atoms with Crippen LogP contribution in [-0.2, 0) is 21.2 Å². The molecule has 1 aromatic rings. The number of halogens is 1. The Labute approximate surface area is 174 Å². The van der Waals surface area contributed by atoms with Gasteiger partial charge in [0.2, 0.25) is 15.9 Å². The SMILES string of the molecule is Cl.NCC(NC(=O)CCc1ccc(S(=O)(=O)NC2CC2)cc1)C1CCCCC1. The fourth-order valence-corrected chi connectivity index (χ4v) is 5.07. The second-order valence-corrected chi connectivity index (χ2v) is 9.56. The molecule has 1 aromatic carbocycles. The monoisotopic (exact) mass is 429 g/mol. The molecule has 158 valence electrons. The highest BCUT2D eigenvalue weighted by molar-refractivity contribution is 7.89. The van der Waals surface area contributed by atoms with Crippen LogP contribution in [0.3, 0.4) is 0 Å². The van der Waals surface area contributed by atoms with E-state index in [-0.39, 0.29) is 35.3 Å². The van der Waals surface area contributed by atoms with Crippen molar-refractivity contribution in [2.45, 2.75) is 74.8 Å². The molecule has 0 bridgehead atoms. The summed E-state index contributed by atoms with van der Waals surface area (Å²) >= 11 is 0. The first kappa shape index (κ1) is 23.1. The van der Waals surface area contributed by atoms with Crippen LogP contribution in [0, 0.1) is 5.92 Å². The number of nitrogens with one attached hydrogen (secondary N) is 2. The highest BCUT2D eigenvalue weighted by atomic mass is 35.5. The molecule has 0 saturated heterocycles. The Morgan fingerprint density at radius 2 is 1.71 bits per heavy atom. The van der Waals surface area contributed by atoms with Crippen molar-refractivity contribution >= 4 is 28.3 Å². The molecule has 8 heteroatoms. The fourth-order valence-electron chi connectivity index (χ4n) is 3.77. The van der Waals surface area contributed by atoms with Crippen molar-refractivity contribution in [1.29, 1.82) is 0 Å². The van der Waals surface area contributed by atoms with Crippen molar-refractivity contribution in [2.24, 2.45) is 11.7 Å². The standard InChI is InChI=1S/C20H31N3O3S.ClH/c21-14-19(16-4-2-1-3-5-16)22-20(24)13-8-15-6-11-18(12-7-15)27(25,26)23-17-9-10-17;/h6-7,11-12,16-17,19,23H,1-5,8-10,13-14,21H2,(H,22,24);1H. The van der Waals surface area contributed by atoms with E-state index in [0.717, 1.165) is 31.2 Å². The number of hydrogen-bond acceptors (Lipinski definition) is 4. The topological polar surface area (TPSA) is 101 Å². The third-order valence-corrected chi connectivity index (χ3v) is 7.13. The zero-order valence-corrected chi connectivity index (χ0v) is 17.9. The van der Waals surface area contributed by atoms with Gasteiger partial charge in [0.25, 0.3) is 0 Å². The van der Waals surface area contributed by atoms with Crippen LogP contribution in [0.15, 0.2) is 29.2 Å². The molecule has 1 unspecified atom stereocenters. The Morgan fingerprint density at radius 3 is 2.29 bits per heavy atom. The van der Waals surface area contributed by atoms with Crippen LogP contribution in [0.25, 0.3) is 0 Å². The molecule has 2 fully saturated rings. The molecule has 0 radical (unpaired) electrons. The molecular weight excluding hydrogens is 398 g/mol. The molecule has 1 atom stereocenters. The minimum Gasteiger partial charge on any atom is -0.352 e. The lowest BCUT2D eigenvalue weighted by Gasteiger charge is -2.30. The van der Waals surface area contributed by atoms with Crippen molar-refractivity contribution in [1.82, 2.24) is 10.0 Å². The van der Waals surface area contributed by atoms with E-state index in [4.69, 9.17) is 5.73 Å². The van der Waals surface area contributed by atoms with E-state index < -0.39 is 10.0 Å². The summed E-state index contributed by atoms with van der Waals surface area (Å²) in [6, 6.07) is 6.97. The summed E-state index contributed by atoms with van der Waals surface area (Å²) in [6.07, 6.45) is 8.82. The van der Waals surface area contributed by atoms with E-state index in [1.807, 2.05) is 0 Å². The zero-order valence-electron chi connectivity index (χ0n) is 16.2. The first-order valence-electron chi connectivity index (χ1n) is 10.1. The predicted molar refractivity (Wildman–Crippen MR) is 113 cm³/mol. The molecule has 6 nitrogen and oxygen atoms in total. The van der Waals surface area contributed by atoms with Gasteiger partial charge in [-0.3, -0.25) is 4.79 Å². The predicted octanol–water partition coefficient (Wildman–Crippen LogP) is 2.51. The number of nitrogens with two attached hydrogens (primary N) is 1. The normalized spacial score (nSPS) is 18.9. The average molecular weight is 430 g/mol. The molecule has 0 aromatic heterocycles. The Hall–Kier alpha value is -1.15. The van der Waals surface area contributed by atoms with Gasteiger partial charge in [-0.25, -0.2) is 13.1 Å². The molecule has 2 saturated carbocycles. The van der Waals surface area contributed by atoms with E-state index in [2.05, 4.69) is 10.0 Å². The first-order chi connectivity index (χ1) is 13.0. The Bertz CT molecular complexity index is 730. The molecule has 0 aliphatic heterocycles. The number of benzene rings is 1. The average Bonchev–Trinajstić information content (AvgIpc) is 3.49. The summed E-state index contributed by atoms with van der Waals surface area (Å²) in [5.41, 5.74) is 6.83. The zero-order chi connectivity index (χ0) is 19.3. The molecule has 4 N–H and O–H groups in total. The number of aryl methyl sites for hydroxylation is 1. The summed E-state index contributed by atoms with van der Waals surface area (Å²) in [5, 5.41) is 3.10. The van der Waals surface area contributed by atoms with Gasteiger partial charge in [0.1, 0.15) is 0 Å². The van der Waals surface area contributed by atoms with Crippen LogP contribution in [0.5, 0.6) is 0 Å². The van der Waals surface area contributed by atoms with Gasteiger partial charge in [0.15, 0.2) is 0 Å². The largest absolute Gasteiger partial charge is 0.352 e. The van der Waals surface area contributed by atoms with Crippen LogP contribution >= 0.6 is 12.4 Å². The maximum absolute atomic E-state index is 12.3. The third-order valence-electron chi connectivity index (χ3n) is 5.59. The Morgan fingerprint density at radius 1 is 1.07 bits per heavy atom. The van der Waals surface area contributed by atoms with Crippen LogP contribution in [0.1, 0.15) is 56.9 Å². The molecule has 2 aliphatic carbocycles. The van der Waals surface area contributed by atoms with Crippen molar-refractivity contribution in [3.63, 3.8) is 0 Å². The molecule has 1 amide bonds. The van der Waals surface area contributed by atoms with Gasteiger partial charge in [-0.15, -0.1) is 12.4 Å². The molecule has 2 aliphatic rings. The van der Waals surface area contributed by atoms with Gasteiger partial charge in [-0.1, -0.05) is 31.4 Å². The van der Waals surface area contributed by atoms with E-state index >= 15 is 0 Å². The smallest absolute Gasteiger partial charge is 0.240 e. The third kappa shape index (κ3) is 6.72. The second-order valence-electron chi connectivity index (χ2n) is 7.85. The Kier molecular flexibility index (Phi) is 8.74. The number of carbonyl (C=O) groups is 1. The molecule has 28 heavy (non-hydrogen) atoms. The summed E-state index contributed by atoms with van der Waals surface area (Å²) in [4.78, 5) is 12.6. The van der Waals surface area contributed by atoms with Crippen LogP contribution in [0.4, 0.5) is 0 Å². The number of carbonyl (C=O) groups excluding carboxylic acids is 1. The minimum atomic E-state index is -3.42. The van der Waals surface area contributed by atoms with Crippen molar-refractivity contribution < 1.29 is 13.2 Å². The lowest BCUT2D eigenvalue weighted by atomic mass is 9.84. The molecule has 0 spiro atoms. The lowest BCUT2D eigenvalue weighted by molar-refractivity contribution is -0.122. The molecule has 3 rings (SSSR count). The van der Waals surface area contributed by atoms with Crippen molar-refractivity contribution in [3.8, 4) is 0 Å². The van der Waals surface area contributed by atoms with Crippen molar-refractivity contribution in [3.05, 3.63) is 29.8 Å². The summed E-state index contributed by atoms with van der Waals surface area (Å²) in [5.74, 6) is 0.513. The maximum atomic E-state index is 12.3. The fraction of sp³-hybridized carbons (Fsp3) is 0.650.